The molecule has 3 atom stereocenters. The number of hydrogen-bond donors (Lipinski definition) is 2. The molecule has 1 aliphatic carbocycles. The van der Waals surface area contributed by atoms with Gasteiger partial charge in [-0.05, 0) is 32.2 Å². The van der Waals surface area contributed by atoms with Crippen LogP contribution < -0.4 is 11.1 Å². The van der Waals surface area contributed by atoms with Crippen LogP contribution in [-0.4, -0.2) is 18.6 Å². The Labute approximate surface area is 87.6 Å². The van der Waals surface area contributed by atoms with E-state index in [0.717, 1.165) is 13.0 Å². The van der Waals surface area contributed by atoms with Crippen LogP contribution in [0.3, 0.4) is 0 Å². The molecular weight excluding hydrogens is 172 g/mol. The maximum atomic E-state index is 5.76. The molecule has 3 unspecified atom stereocenters. The van der Waals surface area contributed by atoms with Crippen LogP contribution in [0.15, 0.2) is 0 Å². The van der Waals surface area contributed by atoms with E-state index in [1.165, 1.54) is 25.7 Å². The van der Waals surface area contributed by atoms with E-state index in [2.05, 4.69) is 18.2 Å². The van der Waals surface area contributed by atoms with Crippen molar-refractivity contribution in [1.29, 1.82) is 0 Å². The van der Waals surface area contributed by atoms with E-state index in [-0.39, 0.29) is 0 Å². The van der Waals surface area contributed by atoms with E-state index in [1.807, 2.05) is 0 Å². The Morgan fingerprint density at radius 2 is 2.21 bits per heavy atom. The van der Waals surface area contributed by atoms with E-state index >= 15 is 0 Å². The minimum atomic E-state index is 0.428. The molecule has 1 aliphatic rings. The van der Waals surface area contributed by atoms with Gasteiger partial charge in [-0.25, -0.2) is 0 Å². The average Bonchev–Trinajstić information content (AvgIpc) is 2.19. The number of terminal acetylenes is 1. The molecule has 3 N–H and O–H groups in total. The molecule has 1 saturated carbocycles. The third-order valence-corrected chi connectivity index (χ3v) is 3.13. The first kappa shape index (κ1) is 11.6. The molecule has 0 aromatic carbocycles. The van der Waals surface area contributed by atoms with Crippen LogP contribution in [0.5, 0.6) is 0 Å². The largest absolute Gasteiger partial charge is 0.330 e. The van der Waals surface area contributed by atoms with Crippen molar-refractivity contribution >= 4 is 0 Å². The van der Waals surface area contributed by atoms with Crippen LogP contribution in [0.4, 0.5) is 0 Å². The van der Waals surface area contributed by atoms with Crippen LogP contribution in [0.25, 0.3) is 0 Å². The third kappa shape index (κ3) is 3.32. The molecule has 0 aromatic rings. The van der Waals surface area contributed by atoms with Gasteiger partial charge in [0.25, 0.3) is 0 Å². The lowest BCUT2D eigenvalue weighted by molar-refractivity contribution is 0.252. The Hall–Kier alpha value is -0.520. The van der Waals surface area contributed by atoms with E-state index in [9.17, 15) is 0 Å². The molecule has 0 amide bonds. The molecule has 1 rings (SSSR count). The molecule has 80 valence electrons. The highest BCUT2D eigenvalue weighted by Crippen LogP contribution is 2.23. The summed E-state index contributed by atoms with van der Waals surface area (Å²) in [4.78, 5) is 0. The van der Waals surface area contributed by atoms with Crippen LogP contribution in [-0.2, 0) is 0 Å². The van der Waals surface area contributed by atoms with Crippen LogP contribution in [0, 0.1) is 18.3 Å². The zero-order valence-electron chi connectivity index (χ0n) is 9.13. The fourth-order valence-electron chi connectivity index (χ4n) is 2.31. The van der Waals surface area contributed by atoms with Crippen LogP contribution >= 0.6 is 0 Å². The molecule has 2 nitrogen and oxygen atoms in total. The summed E-state index contributed by atoms with van der Waals surface area (Å²) in [6, 6.07) is 1.02. The standard InChI is InChI=1S/C12H22N2/c1-3-6-10(2)14-12-8-5-4-7-11(12)9-13/h1,10-12,14H,4-9,13H2,2H3. The van der Waals surface area contributed by atoms with E-state index in [4.69, 9.17) is 12.2 Å². The minimum absolute atomic E-state index is 0.428. The maximum Gasteiger partial charge on any atom is 0.0238 e. The Morgan fingerprint density at radius 1 is 1.50 bits per heavy atom. The summed E-state index contributed by atoms with van der Waals surface area (Å²) >= 11 is 0. The molecule has 0 saturated heterocycles. The average molecular weight is 194 g/mol. The number of rotatable bonds is 4. The molecule has 0 spiro atoms. The zero-order valence-corrected chi connectivity index (χ0v) is 9.13. The second kappa shape index (κ2) is 6.06. The lowest BCUT2D eigenvalue weighted by atomic mass is 9.84. The summed E-state index contributed by atoms with van der Waals surface area (Å²) in [6.45, 7) is 2.96. The summed E-state index contributed by atoms with van der Waals surface area (Å²) in [5.74, 6) is 3.35. The molecule has 14 heavy (non-hydrogen) atoms. The molecule has 0 heterocycles. The number of nitrogens with one attached hydrogen (secondary N) is 1. The molecule has 1 fully saturated rings. The molecule has 2 heteroatoms. The predicted octanol–water partition coefficient (Wildman–Crippen LogP) is 1.51. The van der Waals surface area contributed by atoms with Gasteiger partial charge in [0.2, 0.25) is 0 Å². The SMILES string of the molecule is C#CCC(C)NC1CCCCC1CN. The highest BCUT2D eigenvalue weighted by molar-refractivity contribution is 4.91. The van der Waals surface area contributed by atoms with Crippen molar-refractivity contribution in [3.63, 3.8) is 0 Å². The van der Waals surface area contributed by atoms with Gasteiger partial charge in [0.1, 0.15) is 0 Å². The number of hydrogen-bond acceptors (Lipinski definition) is 2. The normalized spacial score (nSPS) is 29.5. The third-order valence-electron chi connectivity index (χ3n) is 3.13. The fraction of sp³-hybridized carbons (Fsp3) is 0.833. The van der Waals surface area contributed by atoms with Crippen molar-refractivity contribution in [2.24, 2.45) is 11.7 Å². The van der Waals surface area contributed by atoms with Crippen molar-refractivity contribution in [3.8, 4) is 12.3 Å². The zero-order chi connectivity index (χ0) is 10.4. The molecule has 0 radical (unpaired) electrons. The molecule has 0 bridgehead atoms. The fourth-order valence-corrected chi connectivity index (χ4v) is 2.31. The highest BCUT2D eigenvalue weighted by atomic mass is 15.0. The van der Waals surface area contributed by atoms with Gasteiger partial charge in [0.05, 0.1) is 0 Å². The Kier molecular flexibility index (Phi) is 5.00. The molecule has 0 aromatic heterocycles. The van der Waals surface area contributed by atoms with Crippen molar-refractivity contribution in [1.82, 2.24) is 5.32 Å². The van der Waals surface area contributed by atoms with E-state index in [0.29, 0.717) is 18.0 Å². The highest BCUT2D eigenvalue weighted by Gasteiger charge is 2.24. The van der Waals surface area contributed by atoms with Crippen LogP contribution in [0.2, 0.25) is 0 Å². The van der Waals surface area contributed by atoms with Crippen molar-refractivity contribution < 1.29 is 0 Å². The first-order valence-corrected chi connectivity index (χ1v) is 5.67. The topological polar surface area (TPSA) is 38.0 Å². The van der Waals surface area contributed by atoms with Crippen molar-refractivity contribution in [2.45, 2.75) is 51.1 Å². The molecular formula is C12H22N2. The number of nitrogens with two attached hydrogens (primary N) is 1. The second-order valence-electron chi connectivity index (χ2n) is 4.36. The van der Waals surface area contributed by atoms with Crippen LogP contribution in [0.1, 0.15) is 39.0 Å². The van der Waals surface area contributed by atoms with Gasteiger partial charge in [-0.2, -0.15) is 0 Å². The first-order valence-electron chi connectivity index (χ1n) is 5.67. The monoisotopic (exact) mass is 194 g/mol. The van der Waals surface area contributed by atoms with Gasteiger partial charge < -0.3 is 11.1 Å². The smallest absolute Gasteiger partial charge is 0.0238 e. The molecule has 0 aliphatic heterocycles. The van der Waals surface area contributed by atoms with E-state index < -0.39 is 0 Å². The summed E-state index contributed by atoms with van der Waals surface area (Å²) in [7, 11) is 0. The summed E-state index contributed by atoms with van der Waals surface area (Å²) in [6.07, 6.45) is 11.3. The maximum absolute atomic E-state index is 5.76. The van der Waals surface area contributed by atoms with Gasteiger partial charge in [0, 0.05) is 18.5 Å². The van der Waals surface area contributed by atoms with E-state index in [1.54, 1.807) is 0 Å². The van der Waals surface area contributed by atoms with Crippen molar-refractivity contribution in [2.75, 3.05) is 6.54 Å². The Bertz CT molecular complexity index is 195. The van der Waals surface area contributed by atoms with Gasteiger partial charge >= 0.3 is 0 Å². The summed E-state index contributed by atoms with van der Waals surface area (Å²) in [5.41, 5.74) is 5.76. The lowest BCUT2D eigenvalue weighted by Crippen LogP contribution is -2.45. The Morgan fingerprint density at radius 3 is 2.86 bits per heavy atom. The Balaban J connectivity index is 2.36. The summed E-state index contributed by atoms with van der Waals surface area (Å²) < 4.78 is 0. The summed E-state index contributed by atoms with van der Waals surface area (Å²) in [5, 5.41) is 3.60. The second-order valence-corrected chi connectivity index (χ2v) is 4.36. The van der Waals surface area contributed by atoms with Gasteiger partial charge in [-0.3, -0.25) is 0 Å². The minimum Gasteiger partial charge on any atom is -0.330 e. The van der Waals surface area contributed by atoms with Gasteiger partial charge in [-0.15, -0.1) is 12.3 Å². The van der Waals surface area contributed by atoms with Crippen molar-refractivity contribution in [3.05, 3.63) is 0 Å². The lowest BCUT2D eigenvalue weighted by Gasteiger charge is -2.33. The van der Waals surface area contributed by atoms with Gasteiger partial charge in [-0.1, -0.05) is 12.8 Å². The first-order chi connectivity index (χ1) is 6.77. The van der Waals surface area contributed by atoms with Gasteiger partial charge in [0.15, 0.2) is 0 Å². The quantitative estimate of drug-likeness (QED) is 0.666. The predicted molar refractivity (Wildman–Crippen MR) is 60.8 cm³/mol.